The predicted molar refractivity (Wildman–Crippen MR) is 278 cm³/mol. The third kappa shape index (κ3) is 50.0. The van der Waals surface area contributed by atoms with Crippen LogP contribution in [-0.4, -0.2) is 47.4 Å². The number of carbonyl (C=O) groups excluding carboxylic acids is 2. The topological polar surface area (TPSA) is 95.9 Å². The minimum atomic E-state index is -0.856. The molecular weight excluding hydrogens is 791 g/mol. The largest absolute Gasteiger partial charge is 0.466 e. The highest BCUT2D eigenvalue weighted by molar-refractivity contribution is 5.76. The van der Waals surface area contributed by atoms with Gasteiger partial charge in [-0.05, 0) is 32.1 Å². The molecule has 0 aliphatic heterocycles. The maximum absolute atomic E-state index is 12.5. The fraction of sp³-hybridized carbons (Fsp3) is 0.931. The number of rotatable bonds is 54. The summed E-state index contributed by atoms with van der Waals surface area (Å²) in [5, 5.41) is 23.1. The maximum atomic E-state index is 12.5. The van der Waals surface area contributed by atoms with Crippen molar-refractivity contribution in [2.45, 2.75) is 334 Å². The van der Waals surface area contributed by atoms with Gasteiger partial charge in [-0.1, -0.05) is 289 Å². The Balaban J connectivity index is 3.46. The van der Waals surface area contributed by atoms with Crippen LogP contribution in [0.25, 0.3) is 0 Å². The first-order chi connectivity index (χ1) is 31.5. The van der Waals surface area contributed by atoms with Gasteiger partial charge in [-0.2, -0.15) is 0 Å². The SMILES string of the molecule is CCCCCCCCCCCCCCCCC/C=C/C(O)C(CO)NC(=O)CCCCCCCCCCCCCOC(=O)CCCCCCCCCCCCCCCCCCCCC. The van der Waals surface area contributed by atoms with Crippen LogP contribution < -0.4 is 5.32 Å². The van der Waals surface area contributed by atoms with Gasteiger partial charge >= 0.3 is 5.97 Å². The molecule has 0 saturated carbocycles. The Kier molecular flexibility index (Phi) is 53.0. The van der Waals surface area contributed by atoms with E-state index in [1.54, 1.807) is 6.08 Å². The second-order valence-corrected chi connectivity index (χ2v) is 20.0. The molecule has 0 aliphatic rings. The van der Waals surface area contributed by atoms with Gasteiger partial charge in [0.05, 0.1) is 25.4 Å². The number of ether oxygens (including phenoxy) is 1. The molecule has 3 N–H and O–H groups in total. The number of allylic oxidation sites excluding steroid dienone is 1. The molecule has 0 aliphatic carbocycles. The standard InChI is InChI=1S/C58H113NO5/c1-3-5-7-9-11-13-15-17-19-21-22-24-26-28-32-36-40-44-48-52-58(63)64-53-49-45-41-37-33-29-31-35-39-43-47-51-57(62)59-55(54-60)56(61)50-46-42-38-34-30-27-25-23-20-18-16-14-12-10-8-6-4-2/h46,50,55-56,60-61H,3-45,47-49,51-54H2,1-2H3,(H,59,62)/b50-46+. The highest BCUT2D eigenvalue weighted by Crippen LogP contribution is 2.17. The Morgan fingerprint density at radius 1 is 0.422 bits per heavy atom. The Hall–Kier alpha value is -1.40. The van der Waals surface area contributed by atoms with Crippen molar-refractivity contribution in [1.82, 2.24) is 5.32 Å². The second kappa shape index (κ2) is 54.2. The van der Waals surface area contributed by atoms with Crippen molar-refractivity contribution in [2.75, 3.05) is 13.2 Å². The number of amides is 1. The average molecular weight is 905 g/mol. The Bertz CT molecular complexity index is 955. The molecule has 0 aromatic heterocycles. The van der Waals surface area contributed by atoms with Gasteiger partial charge in [0.2, 0.25) is 5.91 Å². The van der Waals surface area contributed by atoms with Gasteiger partial charge in [0.1, 0.15) is 0 Å². The summed E-state index contributed by atoms with van der Waals surface area (Å²) in [6.45, 7) is 4.89. The van der Waals surface area contributed by atoms with Crippen LogP contribution in [0.4, 0.5) is 0 Å². The van der Waals surface area contributed by atoms with Crippen LogP contribution >= 0.6 is 0 Å². The zero-order chi connectivity index (χ0) is 46.5. The summed E-state index contributed by atoms with van der Waals surface area (Å²) in [7, 11) is 0. The lowest BCUT2D eigenvalue weighted by Crippen LogP contribution is -2.45. The fourth-order valence-corrected chi connectivity index (χ4v) is 9.11. The molecule has 0 bridgehead atoms. The first-order valence-electron chi connectivity index (χ1n) is 29.0. The monoisotopic (exact) mass is 904 g/mol. The molecule has 0 saturated heterocycles. The second-order valence-electron chi connectivity index (χ2n) is 20.0. The number of esters is 1. The molecule has 380 valence electrons. The van der Waals surface area contributed by atoms with E-state index in [2.05, 4.69) is 19.2 Å². The summed E-state index contributed by atoms with van der Waals surface area (Å²) in [5.74, 6) is -0.0937. The van der Waals surface area contributed by atoms with Crippen molar-refractivity contribution in [3.05, 3.63) is 12.2 Å². The highest BCUT2D eigenvalue weighted by atomic mass is 16.5. The van der Waals surface area contributed by atoms with Crippen LogP contribution in [0, 0.1) is 0 Å². The van der Waals surface area contributed by atoms with Gasteiger partial charge in [-0.25, -0.2) is 0 Å². The number of hydrogen-bond acceptors (Lipinski definition) is 5. The van der Waals surface area contributed by atoms with Crippen molar-refractivity contribution in [2.24, 2.45) is 0 Å². The van der Waals surface area contributed by atoms with Crippen molar-refractivity contribution < 1.29 is 24.5 Å². The zero-order valence-electron chi connectivity index (χ0n) is 43.3. The quantitative estimate of drug-likeness (QED) is 0.0321. The van der Waals surface area contributed by atoms with Crippen molar-refractivity contribution in [3.63, 3.8) is 0 Å². The summed E-state index contributed by atoms with van der Waals surface area (Å²) in [5.41, 5.74) is 0. The number of unbranched alkanes of at least 4 members (excludes halogenated alkanes) is 43. The van der Waals surface area contributed by atoms with E-state index in [9.17, 15) is 19.8 Å². The summed E-state index contributed by atoms with van der Waals surface area (Å²) in [6, 6.07) is -0.641. The van der Waals surface area contributed by atoms with E-state index >= 15 is 0 Å². The molecule has 0 fully saturated rings. The van der Waals surface area contributed by atoms with Gasteiger partial charge in [0, 0.05) is 12.8 Å². The predicted octanol–water partition coefficient (Wildman–Crippen LogP) is 17.7. The molecule has 0 spiro atoms. The van der Waals surface area contributed by atoms with Crippen molar-refractivity contribution >= 4 is 11.9 Å². The van der Waals surface area contributed by atoms with E-state index in [0.717, 1.165) is 57.8 Å². The van der Waals surface area contributed by atoms with Crippen molar-refractivity contribution in [3.8, 4) is 0 Å². The minimum Gasteiger partial charge on any atom is -0.466 e. The fourth-order valence-electron chi connectivity index (χ4n) is 9.11. The first-order valence-corrected chi connectivity index (χ1v) is 29.0. The number of carbonyl (C=O) groups is 2. The molecule has 6 heteroatoms. The highest BCUT2D eigenvalue weighted by Gasteiger charge is 2.18. The zero-order valence-corrected chi connectivity index (χ0v) is 43.3. The molecule has 1 amide bonds. The van der Waals surface area contributed by atoms with Gasteiger partial charge in [0.15, 0.2) is 0 Å². The van der Waals surface area contributed by atoms with Gasteiger partial charge in [-0.3, -0.25) is 9.59 Å². The lowest BCUT2D eigenvalue weighted by atomic mass is 10.0. The maximum Gasteiger partial charge on any atom is 0.305 e. The normalized spacial score (nSPS) is 12.6. The van der Waals surface area contributed by atoms with Crippen molar-refractivity contribution in [1.29, 1.82) is 0 Å². The molecule has 0 aromatic carbocycles. The molecule has 2 atom stereocenters. The van der Waals surface area contributed by atoms with E-state index in [4.69, 9.17) is 4.74 Å². The minimum absolute atomic E-state index is 0.00998. The van der Waals surface area contributed by atoms with Crippen LogP contribution in [0.5, 0.6) is 0 Å². The molecule has 0 rings (SSSR count). The Labute approximate surface area is 399 Å². The molecule has 6 nitrogen and oxygen atoms in total. The molecular formula is C58H113NO5. The number of aliphatic hydroxyl groups excluding tert-OH is 2. The van der Waals surface area contributed by atoms with E-state index in [1.807, 2.05) is 6.08 Å². The Morgan fingerprint density at radius 2 is 0.719 bits per heavy atom. The van der Waals surface area contributed by atoms with Crippen LogP contribution in [-0.2, 0) is 14.3 Å². The Morgan fingerprint density at radius 3 is 1.06 bits per heavy atom. The first kappa shape index (κ1) is 62.6. The molecule has 2 unspecified atom stereocenters. The summed E-state index contributed by atoms with van der Waals surface area (Å²) in [4.78, 5) is 24.6. The number of hydrogen-bond donors (Lipinski definition) is 3. The number of aliphatic hydroxyl groups is 2. The molecule has 0 radical (unpaired) electrons. The molecule has 0 aromatic rings. The molecule has 64 heavy (non-hydrogen) atoms. The van der Waals surface area contributed by atoms with E-state index < -0.39 is 12.1 Å². The third-order valence-corrected chi connectivity index (χ3v) is 13.6. The van der Waals surface area contributed by atoms with E-state index in [0.29, 0.717) is 19.4 Å². The van der Waals surface area contributed by atoms with Gasteiger partial charge in [-0.15, -0.1) is 0 Å². The van der Waals surface area contributed by atoms with Gasteiger partial charge in [0.25, 0.3) is 0 Å². The summed E-state index contributed by atoms with van der Waals surface area (Å²) in [6.07, 6.45) is 63.7. The average Bonchev–Trinajstić information content (AvgIpc) is 3.29. The van der Waals surface area contributed by atoms with Crippen LogP contribution in [0.1, 0.15) is 322 Å². The number of nitrogens with one attached hydrogen (secondary N) is 1. The lowest BCUT2D eigenvalue weighted by molar-refractivity contribution is -0.143. The van der Waals surface area contributed by atoms with E-state index in [-0.39, 0.29) is 18.5 Å². The smallest absolute Gasteiger partial charge is 0.305 e. The summed E-state index contributed by atoms with van der Waals surface area (Å²) >= 11 is 0. The van der Waals surface area contributed by atoms with E-state index in [1.165, 1.54) is 238 Å². The van der Waals surface area contributed by atoms with Gasteiger partial charge < -0.3 is 20.3 Å². The van der Waals surface area contributed by atoms with Crippen LogP contribution in [0.2, 0.25) is 0 Å². The molecule has 0 heterocycles. The third-order valence-electron chi connectivity index (χ3n) is 13.6. The summed E-state index contributed by atoms with van der Waals surface area (Å²) < 4.78 is 5.48. The van der Waals surface area contributed by atoms with Crippen LogP contribution in [0.3, 0.4) is 0 Å². The van der Waals surface area contributed by atoms with Crippen LogP contribution in [0.15, 0.2) is 12.2 Å². The lowest BCUT2D eigenvalue weighted by Gasteiger charge is -2.20.